The standard InChI is InChI=1S/C15H10Br.C15H9S.Zr.2H/c16-14-8-4-7-12-9-10-13(15(12)14)11-5-2-1-3-6-11;1-2-10-8-12(3-1)16-13-5-7-15-11(9-13)4-6-14(10)15;;;/h1-9,13H;1-5,7-9,14H;;;/q;;+2;2*-1. The van der Waals surface area contributed by atoms with Gasteiger partial charge in [-0.1, -0.05) is 0 Å². The van der Waals surface area contributed by atoms with E-state index in [1.807, 2.05) is 11.8 Å². The number of benzene rings is 4. The van der Waals surface area contributed by atoms with Gasteiger partial charge in [0.1, 0.15) is 0 Å². The van der Waals surface area contributed by atoms with Crippen molar-refractivity contribution < 1.29 is 26.1 Å². The molecule has 0 nitrogen and oxygen atoms in total. The minimum atomic E-state index is -1.03. The van der Waals surface area contributed by atoms with Crippen molar-refractivity contribution in [2.45, 2.75) is 21.6 Å². The minimum Gasteiger partial charge on any atom is -1.00 e. The first-order valence-electron chi connectivity index (χ1n) is 11.2. The second-order valence-corrected chi connectivity index (χ2v) is 14.3. The Labute approximate surface area is 221 Å². The Morgan fingerprint density at radius 2 is 1.42 bits per heavy atom. The second kappa shape index (κ2) is 8.08. The van der Waals surface area contributed by atoms with Crippen LogP contribution in [0.4, 0.5) is 0 Å². The van der Waals surface area contributed by atoms with Crippen LogP contribution in [0.1, 0.15) is 48.1 Å². The molecule has 0 saturated heterocycles. The van der Waals surface area contributed by atoms with Gasteiger partial charge in [0, 0.05) is 0 Å². The molecule has 2 aliphatic carbocycles. The summed E-state index contributed by atoms with van der Waals surface area (Å²) in [7, 11) is 0. The third-order valence-electron chi connectivity index (χ3n) is 6.84. The summed E-state index contributed by atoms with van der Waals surface area (Å²) in [6.07, 6.45) is 5.05. The average Bonchev–Trinajstić information content (AvgIpc) is 3.39. The summed E-state index contributed by atoms with van der Waals surface area (Å²) in [5.41, 5.74) is 8.59. The number of hydrogen-bond donors (Lipinski definition) is 0. The second-order valence-electron chi connectivity index (χ2n) is 8.81. The average molecular weight is 585 g/mol. The molecule has 3 heteroatoms. The van der Waals surface area contributed by atoms with Gasteiger partial charge >= 0.3 is 220 Å². The van der Waals surface area contributed by atoms with Crippen molar-refractivity contribution in [2.24, 2.45) is 0 Å². The van der Waals surface area contributed by atoms with E-state index < -0.39 is 23.2 Å². The van der Waals surface area contributed by atoms with Gasteiger partial charge in [0.2, 0.25) is 0 Å². The normalized spacial score (nSPS) is 19.2. The van der Waals surface area contributed by atoms with Crippen LogP contribution in [0.25, 0.3) is 12.2 Å². The first kappa shape index (κ1) is 20.4. The van der Waals surface area contributed by atoms with Gasteiger partial charge in [-0.2, -0.15) is 0 Å². The van der Waals surface area contributed by atoms with Gasteiger partial charge in [0.05, 0.1) is 0 Å². The van der Waals surface area contributed by atoms with E-state index >= 15 is 0 Å². The van der Waals surface area contributed by atoms with Crippen LogP contribution in [0.2, 0.25) is 0 Å². The van der Waals surface area contributed by atoms with Crippen molar-refractivity contribution >= 4 is 39.8 Å². The van der Waals surface area contributed by atoms with Gasteiger partial charge in [0.15, 0.2) is 0 Å². The molecule has 0 amide bonds. The van der Waals surface area contributed by atoms with E-state index in [2.05, 4.69) is 119 Å². The molecule has 2 atom stereocenters. The molecule has 2 heterocycles. The van der Waals surface area contributed by atoms with Gasteiger partial charge in [-0.15, -0.1) is 0 Å². The molecule has 33 heavy (non-hydrogen) atoms. The Morgan fingerprint density at radius 1 is 0.667 bits per heavy atom. The van der Waals surface area contributed by atoms with Crippen LogP contribution in [-0.2, 0) is 23.2 Å². The molecule has 0 spiro atoms. The molecular formula is C30H21BrSZr. The largest absolute Gasteiger partial charge is 1.00 e. The first-order chi connectivity index (χ1) is 16.2. The van der Waals surface area contributed by atoms with Gasteiger partial charge in [-0.25, -0.2) is 0 Å². The Bertz CT molecular complexity index is 1500. The van der Waals surface area contributed by atoms with Crippen LogP contribution in [0.15, 0.2) is 112 Å². The van der Waals surface area contributed by atoms with E-state index in [1.165, 1.54) is 47.6 Å². The van der Waals surface area contributed by atoms with E-state index in [-0.39, 0.29) is 2.85 Å². The Hall–Kier alpha value is -1.93. The van der Waals surface area contributed by atoms with Crippen LogP contribution in [0.3, 0.4) is 0 Å². The number of rotatable bonds is 3. The summed E-state index contributed by atoms with van der Waals surface area (Å²) in [6, 6.07) is 34.0. The van der Waals surface area contributed by atoms with E-state index in [9.17, 15) is 0 Å². The molecule has 0 radical (unpaired) electrons. The predicted octanol–water partition coefficient (Wildman–Crippen LogP) is 8.89. The van der Waals surface area contributed by atoms with Gasteiger partial charge in [0.25, 0.3) is 0 Å². The van der Waals surface area contributed by atoms with Crippen molar-refractivity contribution in [3.63, 3.8) is 0 Å². The van der Waals surface area contributed by atoms with Crippen molar-refractivity contribution in [2.75, 3.05) is 0 Å². The maximum Gasteiger partial charge on any atom is -1.00 e. The van der Waals surface area contributed by atoms with E-state index in [0.717, 1.165) is 0 Å². The van der Waals surface area contributed by atoms with Crippen molar-refractivity contribution in [1.29, 1.82) is 0 Å². The van der Waals surface area contributed by atoms with Gasteiger partial charge in [-0.05, 0) is 0 Å². The number of halogens is 1. The molecule has 0 fully saturated rings. The van der Waals surface area contributed by atoms with Crippen molar-refractivity contribution in [3.05, 3.63) is 135 Å². The molecule has 6 bridgehead atoms. The van der Waals surface area contributed by atoms with E-state index in [4.69, 9.17) is 0 Å². The van der Waals surface area contributed by atoms with Crippen molar-refractivity contribution in [1.82, 2.24) is 0 Å². The molecule has 0 saturated carbocycles. The summed E-state index contributed by atoms with van der Waals surface area (Å²) in [5, 5.41) is 0. The van der Waals surface area contributed by atoms with E-state index in [0.29, 0.717) is 11.8 Å². The zero-order valence-corrected chi connectivity index (χ0v) is 22.6. The maximum atomic E-state index is 3.88. The third kappa shape index (κ3) is 3.43. The summed E-state index contributed by atoms with van der Waals surface area (Å²) in [4.78, 5) is 2.69. The summed E-state index contributed by atoms with van der Waals surface area (Å²) in [5.74, 6) is 0.766. The Kier molecular flexibility index (Phi) is 5.01. The number of allylic oxidation sites excluding steroid dienone is 2. The van der Waals surface area contributed by atoms with Crippen LogP contribution in [-0.4, -0.2) is 0 Å². The van der Waals surface area contributed by atoms with Crippen LogP contribution in [0, 0.1) is 0 Å². The zero-order valence-electron chi connectivity index (χ0n) is 19.8. The fourth-order valence-corrected chi connectivity index (χ4v) is 11.2. The quantitative estimate of drug-likeness (QED) is 0.232. The molecule has 4 aromatic rings. The molecule has 2 aliphatic heterocycles. The predicted molar refractivity (Wildman–Crippen MR) is 139 cm³/mol. The zero-order chi connectivity index (χ0) is 21.9. The Morgan fingerprint density at radius 3 is 2.33 bits per heavy atom. The molecule has 4 aliphatic rings. The SMILES string of the molecule is Brc1cccc2c1C(c1ccccc1)[C]([Zr+2][C]1=Cc3cc4ccc3C1c1cccc(c1)S4)=C2.[H-].[H-]. The van der Waals surface area contributed by atoms with Crippen molar-refractivity contribution in [3.8, 4) is 0 Å². The van der Waals surface area contributed by atoms with Crippen LogP contribution >= 0.6 is 27.7 Å². The summed E-state index contributed by atoms with van der Waals surface area (Å²) in [6.45, 7) is 0. The molecule has 2 unspecified atom stereocenters. The number of fused-ring (bicyclic) bond motifs is 2. The minimum absolute atomic E-state index is 0. The van der Waals surface area contributed by atoms with E-state index in [1.54, 1.807) is 6.56 Å². The smallest absolute Gasteiger partial charge is 1.00 e. The van der Waals surface area contributed by atoms with Crippen LogP contribution in [0.5, 0.6) is 0 Å². The topological polar surface area (TPSA) is 0 Å². The summed E-state index contributed by atoms with van der Waals surface area (Å²) >= 11 is 4.73. The molecular weight excluding hydrogens is 564 g/mol. The fraction of sp³-hybridized carbons (Fsp3) is 0.0667. The molecule has 0 N–H and O–H groups in total. The summed E-state index contributed by atoms with van der Waals surface area (Å²) < 4.78 is 4.55. The third-order valence-corrected chi connectivity index (χ3v) is 12.1. The fourth-order valence-electron chi connectivity index (χ4n) is 5.44. The Balaban J connectivity index is 0.00000127. The maximum absolute atomic E-state index is 3.88. The molecule has 8 rings (SSSR count). The van der Waals surface area contributed by atoms with Crippen LogP contribution < -0.4 is 0 Å². The number of hydrogen-bond acceptors (Lipinski definition) is 1. The van der Waals surface area contributed by atoms with Gasteiger partial charge < -0.3 is 2.85 Å². The first-order valence-corrected chi connectivity index (χ1v) is 15.3. The van der Waals surface area contributed by atoms with Gasteiger partial charge in [-0.3, -0.25) is 0 Å². The molecule has 158 valence electrons. The molecule has 4 aromatic carbocycles. The monoisotopic (exact) mass is 582 g/mol. The molecule has 0 aromatic heterocycles.